The first kappa shape index (κ1) is 15.9. The summed E-state index contributed by atoms with van der Waals surface area (Å²) >= 11 is 0. The van der Waals surface area contributed by atoms with Crippen LogP contribution in [0, 0.1) is 0 Å². The van der Waals surface area contributed by atoms with E-state index in [9.17, 15) is 20.1 Å². The van der Waals surface area contributed by atoms with Crippen molar-refractivity contribution < 1.29 is 20.1 Å². The van der Waals surface area contributed by atoms with Crippen LogP contribution < -0.4 is 11.3 Å². The van der Waals surface area contributed by atoms with Crippen LogP contribution in [0.3, 0.4) is 0 Å². The Hall–Kier alpha value is -2.01. The molecule has 3 unspecified atom stereocenters. The van der Waals surface area contributed by atoms with Crippen molar-refractivity contribution in [2.45, 2.75) is 37.4 Å². The predicted octanol–water partition coefficient (Wildman–Crippen LogP) is -2.11. The summed E-state index contributed by atoms with van der Waals surface area (Å²) in [7, 11) is 1.47. The molecule has 2 aromatic heterocycles. The molecular formula is C13H19N5O5. The molecule has 3 rings (SSSR count). The molecule has 0 saturated carbocycles. The number of ether oxygens (including phenoxy) is 1. The number of nitrogens with two attached hydrogens (primary N) is 1. The number of hydrogen-bond donors (Lipinski definition) is 4. The number of fused-ring (bicyclic) bond motifs is 1. The van der Waals surface area contributed by atoms with Gasteiger partial charge in [0.2, 0.25) is 5.95 Å². The molecule has 0 bridgehead atoms. The van der Waals surface area contributed by atoms with Crippen LogP contribution in [-0.2, 0) is 17.5 Å². The minimum Gasteiger partial charge on any atom is -0.393 e. The van der Waals surface area contributed by atoms with Gasteiger partial charge in [0, 0.05) is 7.05 Å². The van der Waals surface area contributed by atoms with E-state index in [0.717, 1.165) is 4.57 Å². The van der Waals surface area contributed by atoms with Crippen LogP contribution in [0.5, 0.6) is 0 Å². The third-order valence-corrected chi connectivity index (χ3v) is 4.52. The molecule has 2 aromatic rings. The van der Waals surface area contributed by atoms with Crippen LogP contribution in [0.2, 0.25) is 0 Å². The van der Waals surface area contributed by atoms with Crippen molar-refractivity contribution in [3.8, 4) is 0 Å². The summed E-state index contributed by atoms with van der Waals surface area (Å²) in [6.45, 7) is 2.50. The molecule has 1 aliphatic heterocycles. The maximum absolute atomic E-state index is 12.2. The molecule has 0 aromatic carbocycles. The molecular weight excluding hydrogens is 306 g/mol. The van der Waals surface area contributed by atoms with Gasteiger partial charge in [-0.1, -0.05) is 0 Å². The Bertz CT molecular complexity index is 832. The first-order chi connectivity index (χ1) is 10.7. The molecule has 126 valence electrons. The fourth-order valence-corrected chi connectivity index (χ4v) is 2.91. The Balaban J connectivity index is 2.23. The van der Waals surface area contributed by atoms with Gasteiger partial charge in [0.05, 0.1) is 12.9 Å². The van der Waals surface area contributed by atoms with E-state index in [4.69, 9.17) is 10.5 Å². The Kier molecular flexibility index (Phi) is 3.27. The lowest BCUT2D eigenvalue weighted by molar-refractivity contribution is -0.171. The Morgan fingerprint density at radius 3 is 2.61 bits per heavy atom. The molecule has 10 heteroatoms. The maximum atomic E-state index is 12.2. The topological polar surface area (TPSA) is 149 Å². The third-order valence-electron chi connectivity index (χ3n) is 4.52. The largest absolute Gasteiger partial charge is 0.393 e. The van der Waals surface area contributed by atoms with Crippen LogP contribution in [0.15, 0.2) is 11.1 Å². The van der Waals surface area contributed by atoms with Crippen molar-refractivity contribution in [1.29, 1.82) is 0 Å². The van der Waals surface area contributed by atoms with Gasteiger partial charge < -0.3 is 25.8 Å². The lowest BCUT2D eigenvalue weighted by atomic mass is 9.96. The van der Waals surface area contributed by atoms with Crippen molar-refractivity contribution >= 4 is 17.1 Å². The van der Waals surface area contributed by atoms with Crippen molar-refractivity contribution in [2.75, 3.05) is 12.3 Å². The standard InChI is InChI=1S/C13H19N5O5/c1-12(4-19)7(20)8(21)13(2,23-12)18-5-15-6-9(18)16-11(14)17(3)10(6)22/h5,7-8,19-21H,4H2,1-3H3,(H2,14,16)/t7?,8-,12?,13?/m0/s1. The highest BCUT2D eigenvalue weighted by atomic mass is 16.6. The van der Waals surface area contributed by atoms with E-state index in [2.05, 4.69) is 9.97 Å². The minimum atomic E-state index is -1.47. The molecule has 10 nitrogen and oxygen atoms in total. The predicted molar refractivity (Wildman–Crippen MR) is 79.4 cm³/mol. The van der Waals surface area contributed by atoms with E-state index < -0.39 is 35.7 Å². The number of nitrogens with zero attached hydrogens (tertiary/aromatic N) is 4. The smallest absolute Gasteiger partial charge is 0.282 e. The molecule has 1 aliphatic rings. The number of aromatic nitrogens is 4. The van der Waals surface area contributed by atoms with Crippen LogP contribution in [0.4, 0.5) is 5.95 Å². The number of imidazole rings is 1. The molecule has 4 atom stereocenters. The molecule has 0 aliphatic carbocycles. The highest BCUT2D eigenvalue weighted by molar-refractivity contribution is 5.71. The number of hydrogen-bond acceptors (Lipinski definition) is 8. The van der Waals surface area contributed by atoms with E-state index in [1.165, 1.54) is 31.8 Å². The summed E-state index contributed by atoms with van der Waals surface area (Å²) in [6, 6.07) is 0. The number of anilines is 1. The van der Waals surface area contributed by atoms with Gasteiger partial charge >= 0.3 is 0 Å². The molecule has 1 fully saturated rings. The molecule has 5 N–H and O–H groups in total. The summed E-state index contributed by atoms with van der Waals surface area (Å²) in [5, 5.41) is 30.1. The minimum absolute atomic E-state index is 0.0224. The summed E-state index contributed by atoms with van der Waals surface area (Å²) in [5.74, 6) is -0.0224. The highest BCUT2D eigenvalue weighted by Gasteiger charge is 2.59. The zero-order valence-electron chi connectivity index (χ0n) is 13.0. The van der Waals surface area contributed by atoms with Crippen molar-refractivity contribution in [3.05, 3.63) is 16.7 Å². The molecule has 0 spiro atoms. The fraction of sp³-hybridized carbons (Fsp3) is 0.615. The molecule has 23 heavy (non-hydrogen) atoms. The number of nitrogen functional groups attached to an aromatic ring is 1. The average molecular weight is 325 g/mol. The Labute approximate surface area is 130 Å². The summed E-state index contributed by atoms with van der Waals surface area (Å²) in [6.07, 6.45) is -1.42. The average Bonchev–Trinajstić information content (AvgIpc) is 3.01. The van der Waals surface area contributed by atoms with E-state index in [1.807, 2.05) is 0 Å². The van der Waals surface area contributed by atoms with E-state index in [0.29, 0.717) is 0 Å². The number of aliphatic hydroxyl groups excluding tert-OH is 3. The zero-order chi connectivity index (χ0) is 17.2. The molecule has 1 saturated heterocycles. The monoisotopic (exact) mass is 325 g/mol. The van der Waals surface area contributed by atoms with Gasteiger partial charge in [-0.05, 0) is 13.8 Å². The van der Waals surface area contributed by atoms with Crippen LogP contribution in [0.1, 0.15) is 13.8 Å². The molecule has 3 heterocycles. The fourth-order valence-electron chi connectivity index (χ4n) is 2.91. The van der Waals surface area contributed by atoms with Crippen molar-refractivity contribution in [3.63, 3.8) is 0 Å². The SMILES string of the molecule is Cn1c(N)nc2c(ncn2C2(C)OC(C)(CO)C(O)[C@@H]2O)c1=O. The lowest BCUT2D eigenvalue weighted by Gasteiger charge is -2.31. The first-order valence-corrected chi connectivity index (χ1v) is 7.03. The lowest BCUT2D eigenvalue weighted by Crippen LogP contribution is -2.44. The zero-order valence-corrected chi connectivity index (χ0v) is 13.0. The van der Waals surface area contributed by atoms with Gasteiger partial charge in [-0.15, -0.1) is 0 Å². The number of aliphatic hydroxyl groups is 3. The van der Waals surface area contributed by atoms with Crippen molar-refractivity contribution in [1.82, 2.24) is 19.1 Å². The van der Waals surface area contributed by atoms with E-state index in [-0.39, 0.29) is 17.1 Å². The summed E-state index contributed by atoms with van der Waals surface area (Å²) in [5.41, 5.74) is 2.63. The van der Waals surface area contributed by atoms with E-state index in [1.54, 1.807) is 0 Å². The second-order valence-corrected chi connectivity index (χ2v) is 6.14. The second kappa shape index (κ2) is 4.74. The van der Waals surface area contributed by atoms with Gasteiger partial charge in [-0.3, -0.25) is 13.9 Å². The van der Waals surface area contributed by atoms with Crippen LogP contribution in [-0.4, -0.2) is 58.8 Å². The van der Waals surface area contributed by atoms with Gasteiger partial charge in [-0.25, -0.2) is 4.98 Å². The Morgan fingerprint density at radius 1 is 1.39 bits per heavy atom. The van der Waals surface area contributed by atoms with Gasteiger partial charge in [0.25, 0.3) is 5.56 Å². The quantitative estimate of drug-likeness (QED) is 0.490. The molecule has 0 radical (unpaired) electrons. The number of rotatable bonds is 2. The van der Waals surface area contributed by atoms with Gasteiger partial charge in [-0.2, -0.15) is 4.98 Å². The summed E-state index contributed by atoms with van der Waals surface area (Å²) < 4.78 is 8.25. The Morgan fingerprint density at radius 2 is 2.04 bits per heavy atom. The molecule has 0 amide bonds. The highest BCUT2D eigenvalue weighted by Crippen LogP contribution is 2.42. The third kappa shape index (κ3) is 1.92. The van der Waals surface area contributed by atoms with Crippen LogP contribution in [0.25, 0.3) is 11.2 Å². The van der Waals surface area contributed by atoms with Gasteiger partial charge in [0.1, 0.15) is 17.8 Å². The van der Waals surface area contributed by atoms with Crippen molar-refractivity contribution in [2.24, 2.45) is 7.05 Å². The van der Waals surface area contributed by atoms with Crippen LogP contribution >= 0.6 is 0 Å². The summed E-state index contributed by atoms with van der Waals surface area (Å²) in [4.78, 5) is 20.3. The van der Waals surface area contributed by atoms with E-state index >= 15 is 0 Å². The normalized spacial score (nSPS) is 34.3. The maximum Gasteiger partial charge on any atom is 0.282 e. The second-order valence-electron chi connectivity index (χ2n) is 6.14. The van der Waals surface area contributed by atoms with Gasteiger partial charge in [0.15, 0.2) is 16.9 Å². The first-order valence-electron chi connectivity index (χ1n) is 7.03.